The minimum atomic E-state index is -0.911. The average molecular weight is 331 g/mol. The summed E-state index contributed by atoms with van der Waals surface area (Å²) in [4.78, 5) is 24.7. The second-order valence-corrected chi connectivity index (χ2v) is 5.86. The molecule has 1 atom stereocenters. The molecule has 1 aliphatic rings. The van der Waals surface area contributed by atoms with E-state index in [1.54, 1.807) is 12.1 Å². The Balaban J connectivity index is 2.15. The standard InChI is InChI=1S/C14H16Cl2N2O3/c1-8-4-5-10(15)13(12(8)16)17-14(21)18-6-2-3-9(18)7-11(19)20/h4-5,9H,2-3,6-7H2,1H3,(H,17,21)(H,19,20). The molecule has 1 aromatic rings. The fraction of sp³-hybridized carbons (Fsp3) is 0.429. The highest BCUT2D eigenvalue weighted by Gasteiger charge is 2.31. The Morgan fingerprint density at radius 3 is 2.81 bits per heavy atom. The van der Waals surface area contributed by atoms with E-state index in [0.717, 1.165) is 12.0 Å². The van der Waals surface area contributed by atoms with Gasteiger partial charge in [-0.2, -0.15) is 0 Å². The van der Waals surface area contributed by atoms with Gasteiger partial charge in [-0.05, 0) is 31.4 Å². The highest BCUT2D eigenvalue weighted by Crippen LogP contribution is 2.33. The van der Waals surface area contributed by atoms with Crippen LogP contribution in [0.15, 0.2) is 12.1 Å². The number of carboxylic acid groups (broad SMARTS) is 1. The monoisotopic (exact) mass is 330 g/mol. The van der Waals surface area contributed by atoms with Gasteiger partial charge in [0.15, 0.2) is 0 Å². The number of aliphatic carboxylic acids is 1. The van der Waals surface area contributed by atoms with Crippen molar-refractivity contribution in [3.63, 3.8) is 0 Å². The second kappa shape index (κ2) is 6.54. The summed E-state index contributed by atoms with van der Waals surface area (Å²) in [5, 5.41) is 12.3. The van der Waals surface area contributed by atoms with Crippen molar-refractivity contribution in [3.05, 3.63) is 27.7 Å². The molecule has 2 N–H and O–H groups in total. The zero-order valence-corrected chi connectivity index (χ0v) is 13.0. The lowest BCUT2D eigenvalue weighted by Crippen LogP contribution is -2.39. The predicted octanol–water partition coefficient (Wildman–Crippen LogP) is 3.77. The Morgan fingerprint density at radius 2 is 2.14 bits per heavy atom. The van der Waals surface area contributed by atoms with Crippen molar-refractivity contribution in [2.24, 2.45) is 0 Å². The molecule has 0 aliphatic carbocycles. The smallest absolute Gasteiger partial charge is 0.322 e. The van der Waals surface area contributed by atoms with Gasteiger partial charge in [0.1, 0.15) is 0 Å². The summed E-state index contributed by atoms with van der Waals surface area (Å²) >= 11 is 12.2. The van der Waals surface area contributed by atoms with Crippen LogP contribution in [-0.2, 0) is 4.79 Å². The molecule has 7 heteroatoms. The van der Waals surface area contributed by atoms with E-state index in [0.29, 0.717) is 28.7 Å². The zero-order valence-electron chi connectivity index (χ0n) is 11.5. The number of likely N-dealkylation sites (tertiary alicyclic amines) is 1. The third kappa shape index (κ3) is 3.60. The van der Waals surface area contributed by atoms with E-state index >= 15 is 0 Å². The largest absolute Gasteiger partial charge is 0.481 e. The fourth-order valence-electron chi connectivity index (χ4n) is 2.47. The summed E-state index contributed by atoms with van der Waals surface area (Å²) in [6, 6.07) is 2.78. The Kier molecular flexibility index (Phi) is 4.96. The van der Waals surface area contributed by atoms with E-state index in [9.17, 15) is 9.59 Å². The van der Waals surface area contributed by atoms with Gasteiger partial charge in [0.05, 0.1) is 22.2 Å². The number of carbonyl (C=O) groups is 2. The number of hydrogen-bond donors (Lipinski definition) is 2. The number of nitrogens with zero attached hydrogens (tertiary/aromatic N) is 1. The SMILES string of the molecule is Cc1ccc(Cl)c(NC(=O)N2CCCC2CC(=O)O)c1Cl. The molecule has 1 saturated heterocycles. The van der Waals surface area contributed by atoms with Gasteiger partial charge in [-0.3, -0.25) is 4.79 Å². The predicted molar refractivity (Wildman–Crippen MR) is 82.2 cm³/mol. The number of urea groups is 1. The van der Waals surface area contributed by atoms with Gasteiger partial charge in [0.25, 0.3) is 0 Å². The van der Waals surface area contributed by atoms with Crippen molar-refractivity contribution in [3.8, 4) is 0 Å². The number of hydrogen-bond acceptors (Lipinski definition) is 2. The van der Waals surface area contributed by atoms with Gasteiger partial charge in [0, 0.05) is 12.6 Å². The van der Waals surface area contributed by atoms with Crippen LogP contribution in [0.2, 0.25) is 10.0 Å². The third-order valence-corrected chi connectivity index (χ3v) is 4.37. The zero-order chi connectivity index (χ0) is 15.6. The van der Waals surface area contributed by atoms with Gasteiger partial charge in [-0.25, -0.2) is 4.79 Å². The molecule has 0 aromatic heterocycles. The van der Waals surface area contributed by atoms with E-state index in [1.165, 1.54) is 4.90 Å². The Morgan fingerprint density at radius 1 is 1.43 bits per heavy atom. The molecule has 21 heavy (non-hydrogen) atoms. The first kappa shape index (κ1) is 15.9. The Hall–Kier alpha value is -1.46. The summed E-state index contributed by atoms with van der Waals surface area (Å²) in [5.41, 5.74) is 1.17. The van der Waals surface area contributed by atoms with Crippen LogP contribution in [0.3, 0.4) is 0 Å². The molecule has 114 valence electrons. The van der Waals surface area contributed by atoms with E-state index in [-0.39, 0.29) is 18.5 Å². The molecule has 1 aromatic carbocycles. The quantitative estimate of drug-likeness (QED) is 0.886. The van der Waals surface area contributed by atoms with Crippen molar-refractivity contribution >= 4 is 40.9 Å². The first-order chi connectivity index (χ1) is 9.90. The number of rotatable bonds is 3. The normalized spacial score (nSPS) is 17.9. The highest BCUT2D eigenvalue weighted by atomic mass is 35.5. The maximum atomic E-state index is 12.3. The number of carbonyl (C=O) groups excluding carboxylic acids is 1. The summed E-state index contributed by atoms with van der Waals surface area (Å²) in [6.45, 7) is 2.35. The van der Waals surface area contributed by atoms with Crippen LogP contribution in [0.5, 0.6) is 0 Å². The molecule has 0 bridgehead atoms. The number of benzene rings is 1. The van der Waals surface area contributed by atoms with E-state index in [2.05, 4.69) is 5.32 Å². The van der Waals surface area contributed by atoms with Crippen LogP contribution in [0, 0.1) is 6.92 Å². The number of aryl methyl sites for hydroxylation is 1. The van der Waals surface area contributed by atoms with Crippen LogP contribution in [0.1, 0.15) is 24.8 Å². The van der Waals surface area contributed by atoms with Gasteiger partial charge in [-0.15, -0.1) is 0 Å². The first-order valence-corrected chi connectivity index (χ1v) is 7.39. The molecule has 0 radical (unpaired) electrons. The molecular formula is C14H16Cl2N2O3. The number of anilines is 1. The highest BCUT2D eigenvalue weighted by molar-refractivity contribution is 6.40. The molecule has 2 amide bonds. The topological polar surface area (TPSA) is 69.6 Å². The lowest BCUT2D eigenvalue weighted by Gasteiger charge is -2.24. The number of amides is 2. The lowest BCUT2D eigenvalue weighted by atomic mass is 10.1. The average Bonchev–Trinajstić information content (AvgIpc) is 2.86. The van der Waals surface area contributed by atoms with Gasteiger partial charge in [-0.1, -0.05) is 29.3 Å². The molecule has 1 fully saturated rings. The van der Waals surface area contributed by atoms with Gasteiger partial charge < -0.3 is 15.3 Å². The molecule has 0 saturated carbocycles. The number of halogens is 2. The van der Waals surface area contributed by atoms with E-state index in [1.807, 2.05) is 6.92 Å². The summed E-state index contributed by atoms with van der Waals surface area (Å²) in [7, 11) is 0. The Bertz CT molecular complexity index is 578. The van der Waals surface area contributed by atoms with Crippen molar-refractivity contribution in [1.82, 2.24) is 4.90 Å². The van der Waals surface area contributed by atoms with Gasteiger partial charge >= 0.3 is 12.0 Å². The summed E-state index contributed by atoms with van der Waals surface area (Å²) < 4.78 is 0. The Labute approximate surface area is 132 Å². The summed E-state index contributed by atoms with van der Waals surface area (Å²) in [6.07, 6.45) is 1.43. The summed E-state index contributed by atoms with van der Waals surface area (Å²) in [5.74, 6) is -0.911. The van der Waals surface area contributed by atoms with Gasteiger partial charge in [0.2, 0.25) is 0 Å². The minimum absolute atomic E-state index is 0.0529. The minimum Gasteiger partial charge on any atom is -0.481 e. The third-order valence-electron chi connectivity index (χ3n) is 3.56. The molecule has 0 spiro atoms. The molecule has 5 nitrogen and oxygen atoms in total. The van der Waals surface area contributed by atoms with Crippen LogP contribution < -0.4 is 5.32 Å². The van der Waals surface area contributed by atoms with Crippen molar-refractivity contribution in [2.45, 2.75) is 32.2 Å². The van der Waals surface area contributed by atoms with Crippen molar-refractivity contribution in [1.29, 1.82) is 0 Å². The van der Waals surface area contributed by atoms with Crippen LogP contribution in [-0.4, -0.2) is 34.6 Å². The van der Waals surface area contributed by atoms with E-state index < -0.39 is 5.97 Å². The van der Waals surface area contributed by atoms with Crippen molar-refractivity contribution < 1.29 is 14.7 Å². The molecule has 2 rings (SSSR count). The molecule has 1 aliphatic heterocycles. The maximum absolute atomic E-state index is 12.3. The van der Waals surface area contributed by atoms with Crippen LogP contribution in [0.25, 0.3) is 0 Å². The second-order valence-electron chi connectivity index (χ2n) is 5.07. The van der Waals surface area contributed by atoms with E-state index in [4.69, 9.17) is 28.3 Å². The van der Waals surface area contributed by atoms with Crippen LogP contribution in [0.4, 0.5) is 10.5 Å². The first-order valence-electron chi connectivity index (χ1n) is 6.64. The molecule has 1 unspecified atom stereocenters. The molecular weight excluding hydrogens is 315 g/mol. The van der Waals surface area contributed by atoms with Crippen LogP contribution >= 0.6 is 23.2 Å². The lowest BCUT2D eigenvalue weighted by molar-refractivity contribution is -0.137. The number of nitrogens with one attached hydrogen (secondary N) is 1. The fourth-order valence-corrected chi connectivity index (χ4v) is 2.93. The number of carboxylic acids is 1. The maximum Gasteiger partial charge on any atom is 0.322 e. The molecule has 1 heterocycles. The van der Waals surface area contributed by atoms with Crippen molar-refractivity contribution in [2.75, 3.05) is 11.9 Å².